The Bertz CT molecular complexity index is 561. The van der Waals surface area contributed by atoms with Crippen LogP contribution < -0.4 is 0 Å². The second kappa shape index (κ2) is 34.4. The maximum absolute atomic E-state index is 12.1. The highest BCUT2D eigenvalue weighted by atomic mass is 16.5. The van der Waals surface area contributed by atoms with E-state index in [9.17, 15) is 9.59 Å². The van der Waals surface area contributed by atoms with Crippen molar-refractivity contribution in [3.8, 4) is 0 Å². The van der Waals surface area contributed by atoms with Crippen LogP contribution in [0.4, 0.5) is 0 Å². The Kier molecular flexibility index (Phi) is 33.6. The summed E-state index contributed by atoms with van der Waals surface area (Å²) in [4.78, 5) is 22.6. The van der Waals surface area contributed by atoms with Crippen LogP contribution in [-0.2, 0) is 14.3 Å². The van der Waals surface area contributed by atoms with Gasteiger partial charge in [-0.1, -0.05) is 180 Å². The number of carboxylic acids is 1. The van der Waals surface area contributed by atoms with E-state index >= 15 is 0 Å². The maximum Gasteiger partial charge on any atom is 0.306 e. The number of carbonyl (C=O) groups excluding carboxylic acids is 1. The lowest BCUT2D eigenvalue weighted by Gasteiger charge is -2.13. The van der Waals surface area contributed by atoms with Gasteiger partial charge in [-0.2, -0.15) is 0 Å². The summed E-state index contributed by atoms with van der Waals surface area (Å²) in [6.45, 7) is 4.34. The summed E-state index contributed by atoms with van der Waals surface area (Å²) in [5, 5.41) is 8.64. The summed E-state index contributed by atoms with van der Waals surface area (Å²) in [6, 6.07) is 0. The summed E-state index contributed by atoms with van der Waals surface area (Å²) in [5.41, 5.74) is 0. The lowest BCUT2D eigenvalue weighted by molar-refractivity contribution is -0.148. The number of unbranched alkanes of at least 4 members (excludes halogenated alkanes) is 28. The van der Waals surface area contributed by atoms with E-state index in [1.165, 1.54) is 161 Å². The second-order valence-electron chi connectivity index (χ2n) is 13.2. The minimum atomic E-state index is -0.673. The highest BCUT2D eigenvalue weighted by molar-refractivity contribution is 5.69. The van der Waals surface area contributed by atoms with Gasteiger partial charge in [0, 0.05) is 12.8 Å². The molecule has 4 heteroatoms. The molecule has 0 aliphatic heterocycles. The molecule has 1 atom stereocenters. The van der Waals surface area contributed by atoms with Gasteiger partial charge in [-0.3, -0.25) is 9.59 Å². The molecule has 0 aromatic carbocycles. The molecule has 0 heterocycles. The van der Waals surface area contributed by atoms with Gasteiger partial charge in [-0.25, -0.2) is 0 Å². The van der Waals surface area contributed by atoms with Crippen molar-refractivity contribution in [1.29, 1.82) is 0 Å². The van der Waals surface area contributed by atoms with E-state index in [-0.39, 0.29) is 12.1 Å². The minimum absolute atomic E-state index is 0.00238. The topological polar surface area (TPSA) is 63.6 Å². The molecule has 0 amide bonds. The zero-order chi connectivity index (χ0) is 30.8. The first-order valence-corrected chi connectivity index (χ1v) is 19.0. The number of aliphatic carboxylic acids is 1. The molecule has 0 aromatic rings. The number of rotatable bonds is 35. The van der Waals surface area contributed by atoms with Crippen molar-refractivity contribution in [3.63, 3.8) is 0 Å². The van der Waals surface area contributed by atoms with Gasteiger partial charge in [0.15, 0.2) is 0 Å². The van der Waals surface area contributed by atoms with Crippen LogP contribution in [-0.4, -0.2) is 23.1 Å². The van der Waals surface area contributed by atoms with E-state index in [2.05, 4.69) is 6.92 Å². The van der Waals surface area contributed by atoms with Crippen LogP contribution >= 0.6 is 0 Å². The van der Waals surface area contributed by atoms with Gasteiger partial charge < -0.3 is 9.84 Å². The van der Waals surface area contributed by atoms with Crippen LogP contribution in [0, 0.1) is 0 Å². The van der Waals surface area contributed by atoms with E-state index in [1.54, 1.807) is 0 Å². The first kappa shape index (κ1) is 40.9. The van der Waals surface area contributed by atoms with Crippen LogP contribution in [0.25, 0.3) is 0 Å². The smallest absolute Gasteiger partial charge is 0.306 e. The summed E-state index contributed by atoms with van der Waals surface area (Å²) in [5.74, 6) is -0.675. The van der Waals surface area contributed by atoms with Gasteiger partial charge in [-0.15, -0.1) is 0 Å². The van der Waals surface area contributed by atoms with Crippen molar-refractivity contribution in [2.75, 3.05) is 0 Å². The highest BCUT2D eigenvalue weighted by Gasteiger charge is 2.09. The number of carboxylic acid groups (broad SMARTS) is 1. The summed E-state index contributed by atoms with van der Waals surface area (Å²) in [7, 11) is 0. The highest BCUT2D eigenvalue weighted by Crippen LogP contribution is 2.16. The Morgan fingerprint density at radius 1 is 0.452 bits per heavy atom. The van der Waals surface area contributed by atoms with Gasteiger partial charge in [0.1, 0.15) is 0 Å². The Morgan fingerprint density at radius 3 is 1.07 bits per heavy atom. The predicted octanol–water partition coefficient (Wildman–Crippen LogP) is 12.9. The van der Waals surface area contributed by atoms with Crippen molar-refractivity contribution >= 4 is 11.9 Å². The van der Waals surface area contributed by atoms with Crippen molar-refractivity contribution < 1.29 is 19.4 Å². The van der Waals surface area contributed by atoms with Gasteiger partial charge in [-0.05, 0) is 32.6 Å². The third-order valence-electron chi connectivity index (χ3n) is 8.82. The van der Waals surface area contributed by atoms with Crippen LogP contribution in [0.2, 0.25) is 0 Å². The van der Waals surface area contributed by atoms with E-state index in [4.69, 9.17) is 9.84 Å². The average molecular weight is 595 g/mol. The van der Waals surface area contributed by atoms with Crippen LogP contribution in [0.1, 0.15) is 226 Å². The number of esters is 1. The molecule has 250 valence electrons. The fourth-order valence-corrected chi connectivity index (χ4v) is 5.99. The SMILES string of the molecule is CCCCCCCCCCCCCCCCCCCCCC(=O)OC(C)CCCCCCCCCCCCCC(=O)O. The van der Waals surface area contributed by atoms with Gasteiger partial charge in [0.05, 0.1) is 6.10 Å². The standard InChI is InChI=1S/C38H74O4/c1-3-4-5-6-7-8-9-10-11-12-13-14-15-16-20-23-26-29-32-35-38(41)42-36(2)33-30-27-24-21-18-17-19-22-25-28-31-34-37(39)40/h36H,3-35H2,1-2H3,(H,39,40). The van der Waals surface area contributed by atoms with Gasteiger partial charge in [0.2, 0.25) is 0 Å². The van der Waals surface area contributed by atoms with E-state index in [1.807, 2.05) is 6.92 Å². The fraction of sp³-hybridized carbons (Fsp3) is 0.947. The predicted molar refractivity (Wildman–Crippen MR) is 181 cm³/mol. The van der Waals surface area contributed by atoms with Crippen molar-refractivity contribution in [2.24, 2.45) is 0 Å². The number of carbonyl (C=O) groups is 2. The Morgan fingerprint density at radius 2 is 0.738 bits per heavy atom. The van der Waals surface area contributed by atoms with Gasteiger partial charge in [0.25, 0.3) is 0 Å². The Balaban J connectivity index is 3.27. The third kappa shape index (κ3) is 35.1. The molecule has 0 spiro atoms. The molecule has 1 N–H and O–H groups in total. The number of ether oxygens (including phenoxy) is 1. The molecule has 0 saturated heterocycles. The van der Waals surface area contributed by atoms with Crippen LogP contribution in [0.5, 0.6) is 0 Å². The molecule has 0 fully saturated rings. The van der Waals surface area contributed by atoms with Crippen LogP contribution in [0.3, 0.4) is 0 Å². The molecule has 0 aromatic heterocycles. The largest absolute Gasteiger partial charge is 0.481 e. The molecule has 1 unspecified atom stereocenters. The maximum atomic E-state index is 12.1. The molecule has 0 aliphatic rings. The van der Waals surface area contributed by atoms with E-state index in [0.29, 0.717) is 12.8 Å². The van der Waals surface area contributed by atoms with Crippen molar-refractivity contribution in [2.45, 2.75) is 232 Å². The van der Waals surface area contributed by atoms with Gasteiger partial charge >= 0.3 is 11.9 Å². The molecule has 0 aliphatic carbocycles. The van der Waals surface area contributed by atoms with E-state index < -0.39 is 5.97 Å². The fourth-order valence-electron chi connectivity index (χ4n) is 5.99. The summed E-state index contributed by atoms with van der Waals surface area (Å²) in [6.07, 6.45) is 41.1. The molecule has 0 rings (SSSR count). The first-order chi connectivity index (χ1) is 20.6. The van der Waals surface area contributed by atoms with Crippen molar-refractivity contribution in [1.82, 2.24) is 0 Å². The molecule has 0 saturated carbocycles. The molecule has 0 bridgehead atoms. The quantitative estimate of drug-likeness (QED) is 0.0585. The van der Waals surface area contributed by atoms with E-state index in [0.717, 1.165) is 38.5 Å². The lowest BCUT2D eigenvalue weighted by atomic mass is 10.0. The van der Waals surface area contributed by atoms with Crippen LogP contribution in [0.15, 0.2) is 0 Å². The molecular formula is C38H74O4. The Labute approximate surface area is 262 Å². The minimum Gasteiger partial charge on any atom is -0.481 e. The zero-order valence-electron chi connectivity index (χ0n) is 28.6. The second-order valence-corrected chi connectivity index (χ2v) is 13.2. The summed E-state index contributed by atoms with van der Waals surface area (Å²) >= 11 is 0. The Hall–Kier alpha value is -1.06. The lowest BCUT2D eigenvalue weighted by Crippen LogP contribution is -2.14. The molecule has 0 radical (unpaired) electrons. The zero-order valence-corrected chi connectivity index (χ0v) is 28.6. The number of hydrogen-bond donors (Lipinski definition) is 1. The monoisotopic (exact) mass is 595 g/mol. The summed E-state index contributed by atoms with van der Waals surface area (Å²) < 4.78 is 5.63. The normalized spacial score (nSPS) is 12.0. The third-order valence-corrected chi connectivity index (χ3v) is 8.82. The number of hydrogen-bond acceptors (Lipinski definition) is 3. The molecule has 42 heavy (non-hydrogen) atoms. The molecular weight excluding hydrogens is 520 g/mol. The first-order valence-electron chi connectivity index (χ1n) is 19.0. The van der Waals surface area contributed by atoms with Crippen molar-refractivity contribution in [3.05, 3.63) is 0 Å². The average Bonchev–Trinajstić information content (AvgIpc) is 2.96. The molecule has 4 nitrogen and oxygen atoms in total.